The third kappa shape index (κ3) is 1.96. The monoisotopic (exact) mass is 217 g/mol. The first-order chi connectivity index (χ1) is 7.60. The summed E-state index contributed by atoms with van der Waals surface area (Å²) >= 11 is 0. The van der Waals surface area contributed by atoms with E-state index in [1.165, 1.54) is 0 Å². The smallest absolute Gasteiger partial charge is 0.250 e. The number of pyridine rings is 1. The van der Waals surface area contributed by atoms with Gasteiger partial charge in [0.05, 0.1) is 0 Å². The van der Waals surface area contributed by atoms with Gasteiger partial charge in [-0.2, -0.15) is 0 Å². The molecular weight excluding hydrogens is 202 g/mol. The minimum absolute atomic E-state index is 0.00961. The Bertz CT molecular complexity index is 445. The maximum atomic E-state index is 11.5. The molecule has 2 rings (SSSR count). The molecule has 1 unspecified atom stereocenters. The number of aromatic nitrogens is 1. The van der Waals surface area contributed by atoms with E-state index in [1.807, 2.05) is 32.9 Å². The van der Waals surface area contributed by atoms with Crippen LogP contribution in [0.4, 0.5) is 0 Å². The summed E-state index contributed by atoms with van der Waals surface area (Å²) < 4.78 is 0. The number of rotatable bonds is 2. The Morgan fingerprint density at radius 2 is 1.94 bits per heavy atom. The van der Waals surface area contributed by atoms with Crippen molar-refractivity contribution in [3.05, 3.63) is 29.1 Å². The molecule has 2 heterocycles. The predicted molar refractivity (Wildman–Crippen MR) is 62.5 cm³/mol. The summed E-state index contributed by atoms with van der Waals surface area (Å²) in [5.74, 6) is 0.662. The molecule has 0 aromatic carbocycles. The Morgan fingerprint density at radius 3 is 2.44 bits per heavy atom. The van der Waals surface area contributed by atoms with Crippen LogP contribution in [0.25, 0.3) is 0 Å². The molecule has 1 atom stereocenters. The molecule has 84 valence electrons. The van der Waals surface area contributed by atoms with E-state index < -0.39 is 0 Å². The van der Waals surface area contributed by atoms with Crippen LogP contribution in [-0.2, 0) is 4.79 Å². The van der Waals surface area contributed by atoms with Gasteiger partial charge >= 0.3 is 0 Å². The van der Waals surface area contributed by atoms with Gasteiger partial charge in [-0.15, -0.1) is 0 Å². The minimum atomic E-state index is -0.233. The summed E-state index contributed by atoms with van der Waals surface area (Å²) in [6.07, 6.45) is 0.735. The van der Waals surface area contributed by atoms with Crippen molar-refractivity contribution in [1.29, 1.82) is 0 Å². The van der Waals surface area contributed by atoms with Crippen LogP contribution in [0.1, 0.15) is 30.3 Å². The molecule has 1 amide bonds. The molecule has 1 aromatic rings. The molecule has 16 heavy (non-hydrogen) atoms. The van der Waals surface area contributed by atoms with Crippen molar-refractivity contribution in [2.45, 2.75) is 33.2 Å². The zero-order valence-electron chi connectivity index (χ0n) is 9.74. The fourth-order valence-corrected chi connectivity index (χ4v) is 1.84. The van der Waals surface area contributed by atoms with Crippen LogP contribution in [0, 0.1) is 13.8 Å². The second kappa shape index (κ2) is 4.04. The van der Waals surface area contributed by atoms with E-state index in [4.69, 9.17) is 0 Å². The molecule has 0 bridgehead atoms. The first-order valence-electron chi connectivity index (χ1n) is 5.44. The zero-order valence-corrected chi connectivity index (χ0v) is 9.74. The minimum Gasteiger partial charge on any atom is -0.309 e. The first kappa shape index (κ1) is 10.8. The largest absolute Gasteiger partial charge is 0.309 e. The summed E-state index contributed by atoms with van der Waals surface area (Å²) in [4.78, 5) is 20.2. The highest BCUT2D eigenvalue weighted by molar-refractivity contribution is 6.13. The van der Waals surface area contributed by atoms with Gasteiger partial charge in [0, 0.05) is 17.0 Å². The van der Waals surface area contributed by atoms with Crippen molar-refractivity contribution in [2.75, 3.05) is 0 Å². The fraction of sp³-hybridized carbons (Fsp3) is 0.417. The maximum absolute atomic E-state index is 11.5. The van der Waals surface area contributed by atoms with Crippen molar-refractivity contribution in [3.63, 3.8) is 0 Å². The van der Waals surface area contributed by atoms with E-state index in [2.05, 4.69) is 15.3 Å². The normalized spacial score (nSPS) is 19.6. The molecule has 4 nitrogen and oxygen atoms in total. The number of amidine groups is 1. The number of aryl methyl sites for hydroxylation is 2. The number of carbonyl (C=O) groups excluding carboxylic acids is 1. The number of nitrogens with one attached hydrogen (secondary N) is 1. The Morgan fingerprint density at radius 1 is 1.31 bits per heavy atom. The van der Waals surface area contributed by atoms with Crippen LogP contribution in [0.15, 0.2) is 17.1 Å². The Balaban J connectivity index is 2.35. The van der Waals surface area contributed by atoms with Gasteiger partial charge in [-0.05, 0) is 32.4 Å². The van der Waals surface area contributed by atoms with Gasteiger partial charge in [-0.1, -0.05) is 6.92 Å². The van der Waals surface area contributed by atoms with E-state index in [1.54, 1.807) is 0 Å². The average Bonchev–Trinajstić information content (AvgIpc) is 2.58. The molecule has 4 heteroatoms. The lowest BCUT2D eigenvalue weighted by Crippen LogP contribution is -2.29. The lowest BCUT2D eigenvalue weighted by molar-refractivity contribution is -0.120. The number of hydrogen-bond acceptors (Lipinski definition) is 3. The van der Waals surface area contributed by atoms with E-state index >= 15 is 0 Å². The third-order valence-corrected chi connectivity index (χ3v) is 2.57. The third-order valence-electron chi connectivity index (χ3n) is 2.57. The summed E-state index contributed by atoms with van der Waals surface area (Å²) in [5, 5.41) is 2.81. The average molecular weight is 217 g/mol. The molecule has 0 aliphatic carbocycles. The van der Waals surface area contributed by atoms with Gasteiger partial charge in [0.25, 0.3) is 0 Å². The Labute approximate surface area is 94.8 Å². The van der Waals surface area contributed by atoms with Crippen molar-refractivity contribution >= 4 is 11.7 Å². The quantitative estimate of drug-likeness (QED) is 0.813. The number of carbonyl (C=O) groups is 1. The highest BCUT2D eigenvalue weighted by Crippen LogP contribution is 2.12. The molecular formula is C12H15N3O. The van der Waals surface area contributed by atoms with Crippen molar-refractivity contribution in [1.82, 2.24) is 10.3 Å². The molecule has 0 radical (unpaired) electrons. The molecule has 1 aliphatic heterocycles. The molecule has 1 aliphatic rings. The first-order valence-corrected chi connectivity index (χ1v) is 5.44. The summed E-state index contributed by atoms with van der Waals surface area (Å²) in [7, 11) is 0. The molecule has 0 fully saturated rings. The van der Waals surface area contributed by atoms with Crippen LogP contribution in [0.2, 0.25) is 0 Å². The Kier molecular flexibility index (Phi) is 2.73. The fourth-order valence-electron chi connectivity index (χ4n) is 1.84. The van der Waals surface area contributed by atoms with Gasteiger partial charge in [0.2, 0.25) is 5.91 Å². The lowest BCUT2D eigenvalue weighted by atomic mass is 10.2. The van der Waals surface area contributed by atoms with E-state index in [-0.39, 0.29) is 11.9 Å². The number of aliphatic imine (C=N–C) groups is 1. The van der Waals surface area contributed by atoms with Gasteiger partial charge in [-0.25, -0.2) is 0 Å². The van der Waals surface area contributed by atoms with Crippen LogP contribution < -0.4 is 5.32 Å². The highest BCUT2D eigenvalue weighted by atomic mass is 16.2. The summed E-state index contributed by atoms with van der Waals surface area (Å²) in [5.41, 5.74) is 2.81. The predicted octanol–water partition coefficient (Wildman–Crippen LogP) is 1.35. The lowest BCUT2D eigenvalue weighted by Gasteiger charge is -2.03. The van der Waals surface area contributed by atoms with Crippen LogP contribution in [0.3, 0.4) is 0 Å². The second-order valence-corrected chi connectivity index (χ2v) is 4.03. The van der Waals surface area contributed by atoms with Gasteiger partial charge in [-0.3, -0.25) is 14.8 Å². The van der Waals surface area contributed by atoms with Crippen molar-refractivity contribution in [2.24, 2.45) is 4.99 Å². The van der Waals surface area contributed by atoms with E-state index in [9.17, 15) is 4.79 Å². The number of amides is 1. The van der Waals surface area contributed by atoms with Crippen LogP contribution in [0.5, 0.6) is 0 Å². The van der Waals surface area contributed by atoms with Crippen molar-refractivity contribution < 1.29 is 4.79 Å². The van der Waals surface area contributed by atoms with Crippen LogP contribution in [-0.4, -0.2) is 22.8 Å². The summed E-state index contributed by atoms with van der Waals surface area (Å²) in [6, 6.07) is 3.64. The van der Waals surface area contributed by atoms with Crippen molar-refractivity contribution in [3.8, 4) is 0 Å². The number of nitrogens with zero attached hydrogens (tertiary/aromatic N) is 2. The van der Waals surface area contributed by atoms with Crippen LogP contribution >= 0.6 is 0 Å². The number of hydrogen-bond donors (Lipinski definition) is 1. The van der Waals surface area contributed by atoms with Gasteiger partial charge in [0.15, 0.2) is 0 Å². The molecule has 0 spiro atoms. The molecule has 0 saturated carbocycles. The Hall–Kier alpha value is -1.71. The van der Waals surface area contributed by atoms with Gasteiger partial charge < -0.3 is 5.32 Å². The van der Waals surface area contributed by atoms with Gasteiger partial charge in [0.1, 0.15) is 11.9 Å². The second-order valence-electron chi connectivity index (χ2n) is 4.03. The molecule has 1 N–H and O–H groups in total. The van der Waals surface area contributed by atoms with E-state index in [0.29, 0.717) is 5.84 Å². The summed E-state index contributed by atoms with van der Waals surface area (Å²) in [6.45, 7) is 5.83. The zero-order chi connectivity index (χ0) is 11.7. The standard InChI is InChI=1S/C12H15N3O/c1-4-10-12(16)15-11(14-10)9-5-7(2)13-8(3)6-9/h5-6,10H,4H2,1-3H3,(H,14,15,16). The highest BCUT2D eigenvalue weighted by Gasteiger charge is 2.25. The molecule has 0 saturated heterocycles. The maximum Gasteiger partial charge on any atom is 0.250 e. The topological polar surface area (TPSA) is 54.4 Å². The van der Waals surface area contributed by atoms with E-state index in [0.717, 1.165) is 23.4 Å². The SMILES string of the molecule is CCC1N=C(c2cc(C)nc(C)c2)NC1=O. The molecule has 1 aromatic heterocycles.